The number of alkyl halides is 4. The van der Waals surface area contributed by atoms with Crippen LogP contribution in [0.2, 0.25) is 0 Å². The quantitative estimate of drug-likeness (QED) is 0.0463. The summed E-state index contributed by atoms with van der Waals surface area (Å²) in [5.74, 6) is -3.67. The van der Waals surface area contributed by atoms with Crippen molar-refractivity contribution >= 4 is 54.0 Å². The second kappa shape index (κ2) is 29.9. The van der Waals surface area contributed by atoms with Crippen molar-refractivity contribution in [3.05, 3.63) is 182 Å². The number of ether oxygens (including phenoxy) is 4. The number of quaternary nitrogens is 1. The summed E-state index contributed by atoms with van der Waals surface area (Å²) in [6.45, 7) is 13.6. The van der Waals surface area contributed by atoms with Crippen LogP contribution in [0.15, 0.2) is 211 Å². The third kappa shape index (κ3) is 16.0. The summed E-state index contributed by atoms with van der Waals surface area (Å²) in [4.78, 5) is 32.3. The van der Waals surface area contributed by atoms with Crippen LogP contribution in [0.4, 0.5) is 17.6 Å². The van der Waals surface area contributed by atoms with E-state index in [1.54, 1.807) is 4.90 Å². The zero-order chi connectivity index (χ0) is 61.3. The molecule has 0 amide bonds. The maximum Gasteiger partial charge on any atom is 0.428 e. The van der Waals surface area contributed by atoms with Crippen LogP contribution in [0.3, 0.4) is 0 Å². The van der Waals surface area contributed by atoms with E-state index >= 15 is 0 Å². The molecule has 86 heavy (non-hydrogen) atoms. The molecule has 4 saturated carbocycles. The highest BCUT2D eigenvalue weighted by Gasteiger charge is 2.62. The Hall–Kier alpha value is -5.14. The number of rotatable bonds is 15. The van der Waals surface area contributed by atoms with Crippen LogP contribution < -0.4 is 21.9 Å². The van der Waals surface area contributed by atoms with Crippen molar-refractivity contribution in [1.29, 1.82) is 0 Å². The molecule has 464 valence electrons. The van der Waals surface area contributed by atoms with E-state index < -0.39 is 67.1 Å². The summed E-state index contributed by atoms with van der Waals surface area (Å²) >= 11 is 0. The lowest BCUT2D eigenvalue weighted by Crippen LogP contribution is -3.17. The van der Waals surface area contributed by atoms with Crippen molar-refractivity contribution < 1.29 is 93.9 Å². The van der Waals surface area contributed by atoms with Crippen LogP contribution in [0.1, 0.15) is 60.3 Å². The molecule has 6 fully saturated rings. The molecule has 6 aliphatic rings. The SMILES string of the molecule is CC[NH+](C(C)C)C(C)C.O=C(OC1C2CC3COC1C3C2)C(F)(F)S(=O)(=O)[O-].O=C(OC1C2CC3COC1C3C2)C(F)(F)S(=O)(=O)[O-].[Br-].c1ccc([S+](c2ccccc2)c2ccccc2)cc1.c1ccc([S+](c2ccccc2)c2ccccc2)cc1. The Balaban J connectivity index is 0.000000156. The zero-order valence-corrected chi connectivity index (χ0v) is 53.0. The molecule has 4 bridgehead atoms. The molecule has 4 aliphatic carbocycles. The molecule has 0 radical (unpaired) electrons. The van der Waals surface area contributed by atoms with Gasteiger partial charge < -0.3 is 49.9 Å². The molecular formula is C64H72BrF4NO12S4. The van der Waals surface area contributed by atoms with Crippen molar-refractivity contribution in [2.75, 3.05) is 19.8 Å². The van der Waals surface area contributed by atoms with Crippen molar-refractivity contribution in [1.82, 2.24) is 0 Å². The van der Waals surface area contributed by atoms with Gasteiger partial charge in [-0.3, -0.25) is 0 Å². The standard InChI is InChI=1S/2C18H15S.2C10H12F2O6S.C8H19N.BrH/c2*1-4-10-16(11-5-1)19(17-12-6-2-7-13-17)18-14-8-3-9-15-18;2*11-10(12,19(14,15)16)9(13)18-7-4-1-5-3-17-8(7)6(5)2-4;1-6-9(7(2)3)8(4)5;/h2*1-15H;2*4-8H,1-3H2,(H,14,15,16);7-8H,6H2,1-5H3;1H/q2*+1;;;;/p-2. The number of benzene rings is 6. The molecule has 0 spiro atoms. The molecule has 22 heteroatoms. The molecule has 10 unspecified atom stereocenters. The van der Waals surface area contributed by atoms with E-state index in [1.807, 2.05) is 0 Å². The van der Waals surface area contributed by atoms with E-state index in [1.165, 1.54) is 35.9 Å². The van der Waals surface area contributed by atoms with E-state index in [4.69, 9.17) is 9.47 Å². The number of fused-ring (bicyclic) bond motifs is 2. The number of carbonyl (C=O) groups is 2. The predicted molar refractivity (Wildman–Crippen MR) is 313 cm³/mol. The number of halogens is 5. The highest BCUT2D eigenvalue weighted by molar-refractivity contribution is 7.97. The molecule has 13 nitrogen and oxygen atoms in total. The maximum atomic E-state index is 13.0. The number of hydrogen-bond donors (Lipinski definition) is 1. The number of nitrogens with one attached hydrogen (secondary N) is 1. The highest BCUT2D eigenvalue weighted by atomic mass is 79.9. The molecule has 12 rings (SSSR count). The van der Waals surface area contributed by atoms with E-state index in [2.05, 4.69) is 226 Å². The first-order chi connectivity index (χ1) is 40.4. The molecule has 6 aromatic carbocycles. The van der Waals surface area contributed by atoms with Gasteiger partial charge in [0.25, 0.3) is 0 Å². The normalized spacial score (nSPS) is 23.9. The molecular weight excluding hydrogens is 1260 g/mol. The Kier molecular flexibility index (Phi) is 23.8. The van der Waals surface area contributed by atoms with Crippen LogP contribution in [0, 0.1) is 35.5 Å². The van der Waals surface area contributed by atoms with Crippen molar-refractivity contribution in [3.8, 4) is 0 Å². The van der Waals surface area contributed by atoms with Gasteiger partial charge in [0, 0.05) is 0 Å². The average Bonchev–Trinajstić information content (AvgIpc) is 1.73. The topological polar surface area (TPSA) is 190 Å². The van der Waals surface area contributed by atoms with Gasteiger partial charge in [0.15, 0.2) is 49.6 Å². The number of carbonyl (C=O) groups excluding carboxylic acids is 2. The van der Waals surface area contributed by atoms with Crippen molar-refractivity contribution in [3.63, 3.8) is 0 Å². The maximum absolute atomic E-state index is 13.0. The zero-order valence-electron chi connectivity index (χ0n) is 48.1. The van der Waals surface area contributed by atoms with Gasteiger partial charge in [0.1, 0.15) is 12.2 Å². The summed E-state index contributed by atoms with van der Waals surface area (Å²) in [5, 5.41) is -10.1. The Bertz CT molecular complexity index is 2920. The first kappa shape index (κ1) is 68.4. The van der Waals surface area contributed by atoms with Gasteiger partial charge in [0.2, 0.25) is 0 Å². The van der Waals surface area contributed by atoms with Crippen molar-refractivity contribution in [2.45, 2.75) is 137 Å². The fourth-order valence-electron chi connectivity index (χ4n) is 12.6. The van der Waals surface area contributed by atoms with Gasteiger partial charge in [-0.1, -0.05) is 109 Å². The second-order valence-electron chi connectivity index (χ2n) is 22.3. The summed E-state index contributed by atoms with van der Waals surface area (Å²) < 4.78 is 134. The van der Waals surface area contributed by atoms with Gasteiger partial charge in [-0.2, -0.15) is 17.6 Å². The van der Waals surface area contributed by atoms with E-state index in [9.17, 15) is 53.1 Å². The minimum atomic E-state index is -6.07. The average molecular weight is 1330 g/mol. The highest BCUT2D eigenvalue weighted by Crippen LogP contribution is 2.56. The van der Waals surface area contributed by atoms with Crippen LogP contribution in [-0.4, -0.2) is 105 Å². The predicted octanol–water partition coefficient (Wildman–Crippen LogP) is 7.46. The second-order valence-corrected chi connectivity index (χ2v) is 29.2. The molecule has 2 heterocycles. The Labute approximate surface area is 518 Å². The van der Waals surface area contributed by atoms with E-state index in [-0.39, 0.29) is 62.4 Å². The Morgan fingerprint density at radius 1 is 0.488 bits per heavy atom. The van der Waals surface area contributed by atoms with Crippen LogP contribution in [0.25, 0.3) is 0 Å². The largest absolute Gasteiger partial charge is 1.00 e. The molecule has 2 saturated heterocycles. The summed E-state index contributed by atoms with van der Waals surface area (Å²) in [5.41, 5.74) is 0. The van der Waals surface area contributed by atoms with Gasteiger partial charge in [-0.15, -0.1) is 0 Å². The fourth-order valence-corrected chi connectivity index (χ4v) is 17.3. The molecule has 2 aliphatic heterocycles. The Morgan fingerprint density at radius 2 is 0.733 bits per heavy atom. The molecule has 0 aromatic heterocycles. The minimum absolute atomic E-state index is 0. The van der Waals surface area contributed by atoms with Gasteiger partial charge >= 0.3 is 22.4 Å². The number of esters is 2. The van der Waals surface area contributed by atoms with Crippen LogP contribution in [-0.2, 0) is 70.6 Å². The summed E-state index contributed by atoms with van der Waals surface area (Å²) in [6.07, 6.45) is 0.249. The number of hydrogen-bond acceptors (Lipinski definition) is 12. The van der Waals surface area contributed by atoms with Crippen LogP contribution >= 0.6 is 0 Å². The van der Waals surface area contributed by atoms with Gasteiger partial charge in [-0.25, -0.2) is 26.4 Å². The minimum Gasteiger partial charge on any atom is -1.00 e. The summed E-state index contributed by atoms with van der Waals surface area (Å²) in [7, 11) is -12.2. The molecule has 10 atom stereocenters. The van der Waals surface area contributed by atoms with E-state index in [0.29, 0.717) is 25.0 Å². The fraction of sp³-hybridized carbons (Fsp3) is 0.406. The third-order valence-electron chi connectivity index (χ3n) is 16.4. The monoisotopic (exact) mass is 1330 g/mol. The lowest BCUT2D eigenvalue weighted by molar-refractivity contribution is -0.940. The van der Waals surface area contributed by atoms with Crippen molar-refractivity contribution in [2.24, 2.45) is 35.5 Å². The van der Waals surface area contributed by atoms with Crippen LogP contribution in [0.5, 0.6) is 0 Å². The third-order valence-corrected chi connectivity index (χ3v) is 22.4. The molecule has 6 aromatic rings. The molecule has 1 N–H and O–H groups in total. The van der Waals surface area contributed by atoms with E-state index in [0.717, 1.165) is 37.8 Å². The lowest BCUT2D eigenvalue weighted by atomic mass is 9.88. The first-order valence-corrected chi connectivity index (χ1v) is 33.7. The smallest absolute Gasteiger partial charge is 0.428 e. The summed E-state index contributed by atoms with van der Waals surface area (Å²) in [6, 6.07) is 65.9. The van der Waals surface area contributed by atoms with Gasteiger partial charge in [-0.05, 0) is 169 Å². The van der Waals surface area contributed by atoms with Gasteiger partial charge in [0.05, 0.1) is 65.8 Å². The first-order valence-electron chi connectivity index (χ1n) is 28.4. The lowest BCUT2D eigenvalue weighted by Gasteiger charge is -2.28. The Morgan fingerprint density at radius 3 is 0.930 bits per heavy atom.